The van der Waals surface area contributed by atoms with E-state index in [4.69, 9.17) is 14.6 Å². The second-order valence-electron chi connectivity index (χ2n) is 13.6. The number of aryl methyl sites for hydroxylation is 2. The molecule has 248 valence electrons. The van der Waals surface area contributed by atoms with E-state index in [1.54, 1.807) is 52.9 Å². The lowest BCUT2D eigenvalue weighted by atomic mass is 9.70. The van der Waals surface area contributed by atoms with Crippen molar-refractivity contribution in [2.75, 3.05) is 19.6 Å². The van der Waals surface area contributed by atoms with Crippen LogP contribution in [0.3, 0.4) is 0 Å². The summed E-state index contributed by atoms with van der Waals surface area (Å²) >= 11 is 0. The number of amides is 2. The summed E-state index contributed by atoms with van der Waals surface area (Å²) < 4.78 is 29.4. The minimum atomic E-state index is -0.670. The number of rotatable bonds is 4. The van der Waals surface area contributed by atoms with Gasteiger partial charge in [0.05, 0.1) is 17.4 Å². The number of nitrogens with one attached hydrogen (secondary N) is 1. The van der Waals surface area contributed by atoms with Gasteiger partial charge in [-0.3, -0.25) is 4.57 Å². The van der Waals surface area contributed by atoms with E-state index in [2.05, 4.69) is 4.98 Å². The summed E-state index contributed by atoms with van der Waals surface area (Å²) in [5, 5.41) is 5.18. The number of nitrogens with zero attached hydrogens (tertiary/aromatic N) is 5. The molecule has 1 saturated heterocycles. The number of benzene rings is 2. The van der Waals surface area contributed by atoms with Crippen LogP contribution < -0.4 is 5.69 Å². The molecule has 47 heavy (non-hydrogen) atoms. The van der Waals surface area contributed by atoms with Gasteiger partial charge in [0, 0.05) is 43.0 Å². The topological polar surface area (TPSA) is 115 Å². The molecule has 2 aromatic carbocycles. The number of imidazole rings is 1. The Hall–Kier alpha value is -4.87. The van der Waals surface area contributed by atoms with Crippen LogP contribution in [0.5, 0.6) is 0 Å². The van der Waals surface area contributed by atoms with Crippen molar-refractivity contribution >= 4 is 12.2 Å². The number of aromatic amines is 1. The van der Waals surface area contributed by atoms with Crippen LogP contribution in [0.1, 0.15) is 74.5 Å². The highest BCUT2D eigenvalue weighted by atomic mass is 19.1. The molecule has 0 radical (unpaired) electrons. The molecule has 4 heterocycles. The van der Waals surface area contributed by atoms with E-state index in [9.17, 15) is 18.8 Å². The zero-order chi connectivity index (χ0) is 33.7. The van der Waals surface area contributed by atoms with E-state index in [-0.39, 0.29) is 18.1 Å². The van der Waals surface area contributed by atoms with Crippen LogP contribution in [0.15, 0.2) is 59.7 Å². The summed E-state index contributed by atoms with van der Waals surface area (Å²) in [5.41, 5.74) is 2.09. The molecule has 6 rings (SSSR count). The first-order valence-corrected chi connectivity index (χ1v) is 15.9. The van der Waals surface area contributed by atoms with Gasteiger partial charge in [0.15, 0.2) is 0 Å². The monoisotopic (exact) mass is 644 g/mol. The van der Waals surface area contributed by atoms with Crippen LogP contribution in [0.2, 0.25) is 0 Å². The molecule has 1 spiro atoms. The summed E-state index contributed by atoms with van der Waals surface area (Å²) in [7, 11) is 0. The number of carbonyl (C=O) groups is 2. The summed E-state index contributed by atoms with van der Waals surface area (Å²) in [6.07, 6.45) is 3.27. The Morgan fingerprint density at radius 3 is 2.32 bits per heavy atom. The average molecular weight is 645 g/mol. The zero-order valence-corrected chi connectivity index (χ0v) is 27.7. The Labute approximate surface area is 272 Å². The fourth-order valence-electron chi connectivity index (χ4n) is 6.70. The van der Waals surface area contributed by atoms with Crippen LogP contribution in [0, 0.1) is 19.7 Å². The minimum absolute atomic E-state index is 0.104. The molecule has 0 aliphatic carbocycles. The lowest BCUT2D eigenvalue weighted by Crippen LogP contribution is -2.55. The maximum atomic E-state index is 14.8. The average Bonchev–Trinajstić information content (AvgIpc) is 3.64. The van der Waals surface area contributed by atoms with E-state index >= 15 is 0 Å². The number of carbonyl (C=O) groups excluding carboxylic acids is 2. The van der Waals surface area contributed by atoms with Crippen molar-refractivity contribution in [2.24, 2.45) is 0 Å². The largest absolute Gasteiger partial charge is 0.445 e. The highest BCUT2D eigenvalue weighted by molar-refractivity contribution is 5.71. The predicted molar refractivity (Wildman–Crippen MR) is 173 cm³/mol. The van der Waals surface area contributed by atoms with Crippen LogP contribution in [-0.4, -0.2) is 66.6 Å². The summed E-state index contributed by atoms with van der Waals surface area (Å²) in [6.45, 7) is 12.0. The molecule has 4 aromatic rings. The number of halogens is 1. The normalized spacial score (nSPS) is 17.5. The first kappa shape index (κ1) is 32.1. The first-order chi connectivity index (χ1) is 22.3. The van der Waals surface area contributed by atoms with Gasteiger partial charge in [0.1, 0.15) is 23.8 Å². The summed E-state index contributed by atoms with van der Waals surface area (Å²) in [5.74, 6) is 0.149. The molecule has 2 aromatic heterocycles. The Balaban J connectivity index is 1.47. The second-order valence-corrected chi connectivity index (χ2v) is 13.6. The van der Waals surface area contributed by atoms with E-state index in [0.717, 1.165) is 11.3 Å². The molecule has 2 aliphatic heterocycles. The highest BCUT2D eigenvalue weighted by Crippen LogP contribution is 2.48. The van der Waals surface area contributed by atoms with Crippen molar-refractivity contribution in [3.05, 3.63) is 99.1 Å². The zero-order valence-electron chi connectivity index (χ0n) is 27.7. The Bertz CT molecular complexity index is 1840. The van der Waals surface area contributed by atoms with Crippen molar-refractivity contribution in [2.45, 2.75) is 78.0 Å². The van der Waals surface area contributed by atoms with Gasteiger partial charge in [-0.25, -0.2) is 23.5 Å². The van der Waals surface area contributed by atoms with Gasteiger partial charge in [-0.2, -0.15) is 5.10 Å². The van der Waals surface area contributed by atoms with Crippen LogP contribution in [0.4, 0.5) is 14.0 Å². The smallest absolute Gasteiger partial charge is 0.410 e. The summed E-state index contributed by atoms with van der Waals surface area (Å²) in [4.78, 5) is 46.2. The number of fused-ring (bicyclic) bond motifs is 2. The predicted octanol–water partition coefficient (Wildman–Crippen LogP) is 6.09. The molecule has 0 unspecified atom stereocenters. The maximum absolute atomic E-state index is 14.8. The van der Waals surface area contributed by atoms with Crippen molar-refractivity contribution in [3.63, 3.8) is 0 Å². The van der Waals surface area contributed by atoms with E-state index in [1.807, 2.05) is 58.0 Å². The quantitative estimate of drug-likeness (QED) is 0.288. The van der Waals surface area contributed by atoms with Crippen molar-refractivity contribution in [1.29, 1.82) is 0 Å². The first-order valence-electron chi connectivity index (χ1n) is 15.9. The number of ether oxygens (including phenoxy) is 2. The molecule has 12 heteroatoms. The number of aromatic nitrogens is 4. The molecule has 1 N–H and O–H groups in total. The summed E-state index contributed by atoms with van der Waals surface area (Å²) in [6, 6.07) is 12.3. The second kappa shape index (κ2) is 12.1. The molecule has 11 nitrogen and oxygen atoms in total. The van der Waals surface area contributed by atoms with Crippen LogP contribution >= 0.6 is 0 Å². The van der Waals surface area contributed by atoms with Gasteiger partial charge in [0.2, 0.25) is 0 Å². The van der Waals surface area contributed by atoms with Gasteiger partial charge in [-0.1, -0.05) is 30.3 Å². The van der Waals surface area contributed by atoms with Gasteiger partial charge in [0.25, 0.3) is 0 Å². The SMILES string of the molecule is Cc1cc(-n2nc3c(c2-n2cc[nH]c2=O)[C@H](C)N(C(=O)OCc2ccccc2)CC32CCN(C(=O)OC(C)(C)C)CC2)cc(C)c1F. The number of H-pyrrole nitrogens is 1. The molecule has 2 aliphatic rings. The third-order valence-corrected chi connectivity index (χ3v) is 9.11. The van der Waals surface area contributed by atoms with E-state index < -0.39 is 29.2 Å². The third-order valence-electron chi connectivity index (χ3n) is 9.11. The highest BCUT2D eigenvalue weighted by Gasteiger charge is 2.51. The molecule has 1 atom stereocenters. The van der Waals surface area contributed by atoms with Gasteiger partial charge >= 0.3 is 17.9 Å². The number of piperidine rings is 1. The fourth-order valence-corrected chi connectivity index (χ4v) is 6.70. The molecule has 2 amide bonds. The lowest BCUT2D eigenvalue weighted by molar-refractivity contribution is 0.00893. The molecule has 0 saturated carbocycles. The van der Waals surface area contributed by atoms with E-state index in [1.165, 1.54) is 4.57 Å². The Kier molecular flexibility index (Phi) is 8.23. The van der Waals surface area contributed by atoms with Gasteiger partial charge < -0.3 is 24.3 Å². The third kappa shape index (κ3) is 6.04. The number of hydrogen-bond acceptors (Lipinski definition) is 6. The van der Waals surface area contributed by atoms with Gasteiger partial charge in [-0.05, 0) is 83.2 Å². The minimum Gasteiger partial charge on any atom is -0.445 e. The van der Waals surface area contributed by atoms with Gasteiger partial charge in [-0.15, -0.1) is 0 Å². The molecular weight excluding hydrogens is 603 g/mol. The van der Waals surface area contributed by atoms with Crippen LogP contribution in [-0.2, 0) is 21.5 Å². The molecule has 1 fully saturated rings. The lowest BCUT2D eigenvalue weighted by Gasteiger charge is -2.48. The van der Waals surface area contributed by atoms with Crippen LogP contribution in [0.25, 0.3) is 11.5 Å². The fraction of sp³-hybridized carbons (Fsp3) is 0.429. The number of likely N-dealkylation sites (tertiary alicyclic amines) is 1. The van der Waals surface area contributed by atoms with Crippen molar-refractivity contribution in [3.8, 4) is 11.5 Å². The Morgan fingerprint density at radius 2 is 1.72 bits per heavy atom. The van der Waals surface area contributed by atoms with Crippen molar-refractivity contribution in [1.82, 2.24) is 29.1 Å². The number of hydrogen-bond donors (Lipinski definition) is 1. The maximum Gasteiger partial charge on any atom is 0.410 e. The van der Waals surface area contributed by atoms with Crippen molar-refractivity contribution < 1.29 is 23.5 Å². The standard InChI is InChI=1S/C35H41FN6O5/c1-22-18-26(19-23(2)28(22)36)42-30(40-17-14-37-31(40)43)27-24(3)41(33(45)46-20-25-10-8-7-9-11-25)21-35(29(27)38-42)12-15-39(16-13-35)32(44)47-34(4,5)6/h7-11,14,17-19,24H,12-13,15-16,20-21H2,1-6H3,(H,37,43)/t24-/m0/s1. The molecular formula is C35H41FN6O5. The van der Waals surface area contributed by atoms with E-state index in [0.29, 0.717) is 60.7 Å². The molecule has 0 bridgehead atoms. The Morgan fingerprint density at radius 1 is 1.06 bits per heavy atom.